The summed E-state index contributed by atoms with van der Waals surface area (Å²) in [5.41, 5.74) is 12.9. The highest BCUT2D eigenvalue weighted by Gasteiger charge is 2.19. The Labute approximate surface area is 370 Å². The summed E-state index contributed by atoms with van der Waals surface area (Å²) in [6.45, 7) is 0. The molecule has 2 aromatic heterocycles. The normalized spacial score (nSPS) is 13.1. The van der Waals surface area contributed by atoms with E-state index in [-0.39, 0.29) is 57.6 Å². The first-order valence-electron chi connectivity index (χ1n) is 24.3. The number of nitrogens with zero attached hydrogens (tertiary/aromatic N) is 2. The van der Waals surface area contributed by atoms with E-state index in [9.17, 15) is 6.85 Å². The Morgan fingerprint density at radius 1 is 0.290 bits per heavy atom. The molecule has 0 N–H and O–H groups in total. The number of hydrogen-bond donors (Lipinski definition) is 0. The predicted molar refractivity (Wildman–Crippen MR) is 262 cm³/mol. The third-order valence-electron chi connectivity index (χ3n) is 12.0. The third kappa shape index (κ3) is 6.04. The lowest BCUT2D eigenvalue weighted by Crippen LogP contribution is -1.97. The van der Waals surface area contributed by atoms with E-state index in [4.69, 9.17) is 2.74 Å². The Bertz CT molecular complexity index is 4010. The summed E-state index contributed by atoms with van der Waals surface area (Å²) >= 11 is 0. The molecule has 0 spiro atoms. The van der Waals surface area contributed by atoms with Gasteiger partial charge in [-0.2, -0.15) is 0 Å². The van der Waals surface area contributed by atoms with Crippen LogP contribution in [0.2, 0.25) is 0 Å². The van der Waals surface area contributed by atoms with E-state index >= 15 is 0 Å². The largest absolute Gasteiger partial charge is 0.309 e. The third-order valence-corrected chi connectivity index (χ3v) is 12.0. The van der Waals surface area contributed by atoms with Crippen molar-refractivity contribution in [3.05, 3.63) is 242 Å². The number of fused-ring (bicyclic) bond motifs is 6. The molecule has 0 radical (unpaired) electrons. The predicted octanol–water partition coefficient (Wildman–Crippen LogP) is 16.2. The minimum atomic E-state index is -0.429. The number of aromatic nitrogens is 2. The SMILES string of the molecule is [2H]c1c([2H])c([2H])c2c(c1[2H])c1c([2H])c(-c3ccc4c(c3)c3cc(-c5ccccc5)ccc3n4-c3ccccc3-c3ccccc3)c([2H])c([2H])c1n2-c1ccc(-c2cccc(-c3ccccc3)c2)cc1. The molecule has 0 aliphatic rings. The van der Waals surface area contributed by atoms with Crippen molar-refractivity contribution in [1.29, 1.82) is 0 Å². The van der Waals surface area contributed by atoms with Crippen LogP contribution in [-0.2, 0) is 0 Å². The molecule has 0 aliphatic carbocycles. The second-order valence-electron chi connectivity index (χ2n) is 15.6. The first-order valence-corrected chi connectivity index (χ1v) is 20.8. The lowest BCUT2D eigenvalue weighted by atomic mass is 9.99. The number of benzene rings is 10. The van der Waals surface area contributed by atoms with Crippen LogP contribution in [0.1, 0.15) is 9.60 Å². The molecule has 12 rings (SSSR count). The summed E-state index contributed by atoms with van der Waals surface area (Å²) in [4.78, 5) is 0. The van der Waals surface area contributed by atoms with Gasteiger partial charge in [0.2, 0.25) is 0 Å². The summed E-state index contributed by atoms with van der Waals surface area (Å²) in [5, 5.41) is 2.20. The van der Waals surface area contributed by atoms with E-state index in [0.717, 1.165) is 72.0 Å². The summed E-state index contributed by atoms with van der Waals surface area (Å²) in [7, 11) is 0. The molecule has 0 atom stereocenters. The molecule has 0 saturated carbocycles. The minimum Gasteiger partial charge on any atom is -0.309 e. The van der Waals surface area contributed by atoms with Gasteiger partial charge in [0.05, 0.1) is 37.3 Å². The number of hydrogen-bond acceptors (Lipinski definition) is 0. The van der Waals surface area contributed by atoms with Gasteiger partial charge in [0.15, 0.2) is 0 Å². The van der Waals surface area contributed by atoms with Crippen LogP contribution in [0.15, 0.2) is 242 Å². The molecule has 2 heteroatoms. The van der Waals surface area contributed by atoms with Crippen molar-refractivity contribution in [3.8, 4) is 67.0 Å². The fourth-order valence-electron chi connectivity index (χ4n) is 9.01. The van der Waals surface area contributed by atoms with Crippen LogP contribution in [0, 0.1) is 0 Å². The van der Waals surface area contributed by atoms with Crippen molar-refractivity contribution in [2.75, 3.05) is 0 Å². The lowest BCUT2D eigenvalue weighted by Gasteiger charge is -2.14. The van der Waals surface area contributed by atoms with Crippen LogP contribution in [-0.4, -0.2) is 9.13 Å². The van der Waals surface area contributed by atoms with Gasteiger partial charge in [-0.05, 0) is 117 Å². The van der Waals surface area contributed by atoms with E-state index in [1.807, 2.05) is 121 Å². The maximum absolute atomic E-state index is 10.0. The van der Waals surface area contributed by atoms with E-state index in [0.29, 0.717) is 11.3 Å². The average molecular weight is 796 g/mol. The van der Waals surface area contributed by atoms with Crippen molar-refractivity contribution in [2.45, 2.75) is 0 Å². The zero-order valence-electron chi connectivity index (χ0n) is 40.4. The molecular weight excluding hydrogens is 749 g/mol. The summed E-state index contributed by atoms with van der Waals surface area (Å²) in [6.07, 6.45) is 0. The van der Waals surface area contributed by atoms with Gasteiger partial charge >= 0.3 is 0 Å². The molecule has 0 aliphatic heterocycles. The van der Waals surface area contributed by atoms with Gasteiger partial charge < -0.3 is 9.13 Å². The van der Waals surface area contributed by atoms with Crippen molar-refractivity contribution in [2.24, 2.45) is 0 Å². The van der Waals surface area contributed by atoms with Crippen LogP contribution < -0.4 is 0 Å². The summed E-state index contributed by atoms with van der Waals surface area (Å²) in [5.74, 6) is 0. The van der Waals surface area contributed by atoms with Gasteiger partial charge in [-0.15, -0.1) is 0 Å². The Balaban J connectivity index is 1.08. The summed E-state index contributed by atoms with van der Waals surface area (Å²) < 4.78 is 69.4. The number of para-hydroxylation sites is 2. The van der Waals surface area contributed by atoms with Crippen LogP contribution in [0.3, 0.4) is 0 Å². The molecule has 2 heterocycles. The molecule has 0 amide bonds. The highest BCUT2D eigenvalue weighted by Crippen LogP contribution is 2.41. The molecule has 0 saturated heterocycles. The minimum absolute atomic E-state index is 0.0865. The van der Waals surface area contributed by atoms with E-state index in [1.165, 1.54) is 0 Å². The zero-order valence-corrected chi connectivity index (χ0v) is 33.4. The highest BCUT2D eigenvalue weighted by molar-refractivity contribution is 6.13. The highest BCUT2D eigenvalue weighted by atomic mass is 15.0. The second kappa shape index (κ2) is 14.8. The Kier molecular flexibility index (Phi) is 6.95. The second-order valence-corrected chi connectivity index (χ2v) is 15.6. The maximum Gasteiger partial charge on any atom is 0.0645 e. The standard InChI is InChI=1S/C60H40N2/c1-4-15-41(16-5-1)45-21-14-22-46(37-45)43-27-32-50(33-28-43)61-57-26-13-11-24-52(57)53-39-48(30-34-58(53)61)49-31-36-60-55(40-49)54-38-47(42-17-6-2-7-18-42)29-35-59(54)62(60)56-25-12-10-23-51(56)44-19-8-3-9-20-44/h1-40H/i11D,13D,24D,26D,30D,34D,39D. The Morgan fingerprint density at radius 3 is 1.45 bits per heavy atom. The van der Waals surface area contributed by atoms with Gasteiger partial charge in [-0.3, -0.25) is 0 Å². The van der Waals surface area contributed by atoms with Crippen LogP contribution in [0.25, 0.3) is 111 Å². The molecule has 10 aromatic carbocycles. The molecule has 0 fully saturated rings. The molecule has 12 aromatic rings. The van der Waals surface area contributed by atoms with E-state index in [2.05, 4.69) is 83.4 Å². The number of rotatable bonds is 7. The van der Waals surface area contributed by atoms with Crippen LogP contribution in [0.5, 0.6) is 0 Å². The molecule has 62 heavy (non-hydrogen) atoms. The zero-order chi connectivity index (χ0) is 47.1. The van der Waals surface area contributed by atoms with Gasteiger partial charge in [0.25, 0.3) is 0 Å². The van der Waals surface area contributed by atoms with Crippen molar-refractivity contribution < 1.29 is 9.60 Å². The molecule has 0 bridgehead atoms. The van der Waals surface area contributed by atoms with Crippen molar-refractivity contribution >= 4 is 43.6 Å². The first-order chi connectivity index (χ1) is 33.7. The van der Waals surface area contributed by atoms with E-state index in [1.54, 1.807) is 4.57 Å². The van der Waals surface area contributed by atoms with Crippen LogP contribution in [0.4, 0.5) is 0 Å². The van der Waals surface area contributed by atoms with Crippen LogP contribution >= 0.6 is 0 Å². The monoisotopic (exact) mass is 795 g/mol. The molecule has 0 unspecified atom stereocenters. The maximum atomic E-state index is 10.0. The first kappa shape index (κ1) is 29.1. The quantitative estimate of drug-likeness (QED) is 0.152. The molecule has 290 valence electrons. The molecular formula is C60H40N2. The fraction of sp³-hybridized carbons (Fsp3) is 0. The van der Waals surface area contributed by atoms with Crippen molar-refractivity contribution in [3.63, 3.8) is 0 Å². The average Bonchev–Trinajstić information content (AvgIpc) is 3.94. The van der Waals surface area contributed by atoms with Gasteiger partial charge in [-0.25, -0.2) is 0 Å². The topological polar surface area (TPSA) is 9.86 Å². The Hall–Kier alpha value is -8.20. The Morgan fingerprint density at radius 2 is 0.790 bits per heavy atom. The lowest BCUT2D eigenvalue weighted by molar-refractivity contribution is 1.18. The van der Waals surface area contributed by atoms with Gasteiger partial charge in [0.1, 0.15) is 0 Å². The molecule has 2 nitrogen and oxygen atoms in total. The van der Waals surface area contributed by atoms with Gasteiger partial charge in [-0.1, -0.05) is 176 Å². The van der Waals surface area contributed by atoms with Gasteiger partial charge in [0, 0.05) is 32.8 Å². The van der Waals surface area contributed by atoms with Crippen molar-refractivity contribution in [1.82, 2.24) is 9.13 Å². The summed E-state index contributed by atoms with van der Waals surface area (Å²) in [6, 6.07) is 65.5. The smallest absolute Gasteiger partial charge is 0.0645 e. The fourth-order valence-corrected chi connectivity index (χ4v) is 9.01. The van der Waals surface area contributed by atoms with E-state index < -0.39 is 12.1 Å².